The van der Waals surface area contributed by atoms with Crippen molar-refractivity contribution >= 4 is 29.9 Å². The van der Waals surface area contributed by atoms with Crippen molar-refractivity contribution in [1.29, 1.82) is 0 Å². The molecule has 1 aliphatic rings. The van der Waals surface area contributed by atoms with Crippen LogP contribution in [0.2, 0.25) is 0 Å². The number of morpholine rings is 1. The number of ether oxygens (including phenoxy) is 1. The zero-order valence-electron chi connectivity index (χ0n) is 15.6. The van der Waals surface area contributed by atoms with E-state index in [0.29, 0.717) is 31.5 Å². The fourth-order valence-corrected chi connectivity index (χ4v) is 2.98. The van der Waals surface area contributed by atoms with Crippen molar-refractivity contribution in [2.24, 2.45) is 12.0 Å². The number of aliphatic imine (C=N–C) groups is 1. The first-order valence-electron chi connectivity index (χ1n) is 8.48. The smallest absolute Gasteiger partial charge is 0.370 e. The first-order valence-corrected chi connectivity index (χ1v) is 8.48. The fourth-order valence-electron chi connectivity index (χ4n) is 2.98. The summed E-state index contributed by atoms with van der Waals surface area (Å²) >= 11 is 0. The van der Waals surface area contributed by atoms with Gasteiger partial charge < -0.3 is 19.5 Å². The van der Waals surface area contributed by atoms with Gasteiger partial charge in [0.2, 0.25) is 0 Å². The van der Waals surface area contributed by atoms with Crippen molar-refractivity contribution in [1.82, 2.24) is 29.5 Å². The van der Waals surface area contributed by atoms with Crippen molar-refractivity contribution in [3.05, 3.63) is 36.2 Å². The van der Waals surface area contributed by atoms with Gasteiger partial charge in [0.1, 0.15) is 18.5 Å². The number of nitrogens with zero attached hydrogens (tertiary/aromatic N) is 6. The maximum absolute atomic E-state index is 12.6. The van der Waals surface area contributed by atoms with Gasteiger partial charge in [-0.3, -0.25) is 9.67 Å². The Morgan fingerprint density at radius 3 is 2.86 bits per heavy atom. The third kappa shape index (κ3) is 5.83. The molecule has 1 aliphatic heterocycles. The molecule has 1 N–H and O–H groups in total. The van der Waals surface area contributed by atoms with Crippen LogP contribution >= 0.6 is 24.0 Å². The van der Waals surface area contributed by atoms with E-state index in [2.05, 4.69) is 20.4 Å². The van der Waals surface area contributed by atoms with Crippen molar-refractivity contribution in [2.75, 3.05) is 26.7 Å². The van der Waals surface area contributed by atoms with Crippen LogP contribution in [0.3, 0.4) is 0 Å². The molecule has 0 saturated carbocycles. The van der Waals surface area contributed by atoms with Crippen LogP contribution in [-0.4, -0.2) is 63.1 Å². The quantitative estimate of drug-likeness (QED) is 0.385. The van der Waals surface area contributed by atoms with E-state index in [1.54, 1.807) is 17.9 Å². The lowest BCUT2D eigenvalue weighted by Gasteiger charge is -2.34. The van der Waals surface area contributed by atoms with Gasteiger partial charge >= 0.3 is 6.18 Å². The summed E-state index contributed by atoms with van der Waals surface area (Å²) in [6.45, 7) is 0.798. The maximum Gasteiger partial charge on any atom is 0.406 e. The van der Waals surface area contributed by atoms with Gasteiger partial charge in [0, 0.05) is 44.8 Å². The topological polar surface area (TPSA) is 72.5 Å². The number of hydrogen-bond donors (Lipinski definition) is 1. The van der Waals surface area contributed by atoms with Crippen LogP contribution in [0.25, 0.3) is 0 Å². The van der Waals surface area contributed by atoms with Crippen molar-refractivity contribution in [3.8, 4) is 0 Å². The molecule has 12 heteroatoms. The largest absolute Gasteiger partial charge is 0.406 e. The Kier molecular flexibility index (Phi) is 7.69. The summed E-state index contributed by atoms with van der Waals surface area (Å²) in [4.78, 5) is 10.3. The van der Waals surface area contributed by atoms with Crippen LogP contribution in [0.15, 0.2) is 29.8 Å². The second-order valence-corrected chi connectivity index (χ2v) is 6.24. The third-order valence-corrected chi connectivity index (χ3v) is 4.23. The highest BCUT2D eigenvalue weighted by Crippen LogP contribution is 2.22. The second kappa shape index (κ2) is 9.58. The minimum Gasteiger partial charge on any atom is -0.370 e. The monoisotopic (exact) mass is 513 g/mol. The lowest BCUT2D eigenvalue weighted by atomic mass is 10.1. The minimum absolute atomic E-state index is 0. The van der Waals surface area contributed by atoms with E-state index in [0.717, 1.165) is 10.1 Å². The van der Waals surface area contributed by atoms with Gasteiger partial charge in [0.15, 0.2) is 5.96 Å². The number of hydrogen-bond acceptors (Lipinski definition) is 4. The standard InChI is InChI=1S/C16H22F3N7O.HI/c1-20-15(22-8-14-21-3-4-26(14)11-16(17,18)19)25-5-6-27-13(10-25)12-7-23-24(2)9-12;/h3-4,7,9,13H,5-6,8,10-11H2,1-2H3,(H,20,22);1H. The molecular formula is C16H23F3IN7O. The highest BCUT2D eigenvalue weighted by Gasteiger charge is 2.29. The van der Waals surface area contributed by atoms with Gasteiger partial charge in [-0.1, -0.05) is 0 Å². The van der Waals surface area contributed by atoms with Crippen molar-refractivity contribution in [3.63, 3.8) is 0 Å². The molecule has 0 aliphatic carbocycles. The SMILES string of the molecule is CN=C(NCc1nccn1CC(F)(F)F)N1CCOC(c2cnn(C)c2)C1.I. The van der Waals surface area contributed by atoms with Crippen LogP contribution < -0.4 is 5.32 Å². The van der Waals surface area contributed by atoms with E-state index in [4.69, 9.17) is 4.74 Å². The van der Waals surface area contributed by atoms with Gasteiger partial charge in [0.25, 0.3) is 0 Å². The molecule has 2 aromatic heterocycles. The molecule has 1 fully saturated rings. The van der Waals surface area contributed by atoms with Crippen LogP contribution in [0, 0.1) is 0 Å². The van der Waals surface area contributed by atoms with E-state index in [9.17, 15) is 13.2 Å². The van der Waals surface area contributed by atoms with E-state index >= 15 is 0 Å². The minimum atomic E-state index is -4.29. The number of nitrogens with one attached hydrogen (secondary N) is 1. The molecule has 156 valence electrons. The normalized spacial score (nSPS) is 18.1. The van der Waals surface area contributed by atoms with Gasteiger partial charge in [-0.15, -0.1) is 24.0 Å². The fraction of sp³-hybridized carbons (Fsp3) is 0.562. The van der Waals surface area contributed by atoms with Crippen LogP contribution in [-0.2, 0) is 24.9 Å². The number of aryl methyl sites for hydroxylation is 1. The molecule has 0 amide bonds. The highest BCUT2D eigenvalue weighted by molar-refractivity contribution is 14.0. The number of aromatic nitrogens is 4. The molecule has 1 saturated heterocycles. The summed E-state index contributed by atoms with van der Waals surface area (Å²) in [5.41, 5.74) is 0.971. The lowest BCUT2D eigenvalue weighted by Crippen LogP contribution is -2.48. The number of guanidine groups is 1. The van der Waals surface area contributed by atoms with Crippen molar-refractivity contribution < 1.29 is 17.9 Å². The van der Waals surface area contributed by atoms with E-state index in [1.807, 2.05) is 18.1 Å². The molecule has 0 radical (unpaired) electrons. The molecule has 3 heterocycles. The van der Waals surface area contributed by atoms with E-state index in [-0.39, 0.29) is 36.6 Å². The number of halogens is 4. The Balaban J connectivity index is 0.00000280. The first-order chi connectivity index (χ1) is 12.9. The maximum atomic E-state index is 12.6. The molecule has 28 heavy (non-hydrogen) atoms. The summed E-state index contributed by atoms with van der Waals surface area (Å²) in [6.07, 6.45) is 1.91. The lowest BCUT2D eigenvalue weighted by molar-refractivity contribution is -0.141. The van der Waals surface area contributed by atoms with E-state index in [1.165, 1.54) is 12.4 Å². The molecule has 8 nitrogen and oxygen atoms in total. The van der Waals surface area contributed by atoms with Gasteiger partial charge in [0.05, 0.1) is 25.9 Å². The Morgan fingerprint density at radius 1 is 1.43 bits per heavy atom. The Labute approximate surface area is 177 Å². The Hall–Kier alpha value is -1.83. The highest BCUT2D eigenvalue weighted by atomic mass is 127. The predicted molar refractivity (Wildman–Crippen MR) is 107 cm³/mol. The summed E-state index contributed by atoms with van der Waals surface area (Å²) in [5.74, 6) is 0.888. The molecule has 0 spiro atoms. The molecule has 0 aromatic carbocycles. The van der Waals surface area contributed by atoms with Crippen molar-refractivity contribution in [2.45, 2.75) is 25.4 Å². The zero-order chi connectivity index (χ0) is 19.4. The van der Waals surface area contributed by atoms with E-state index < -0.39 is 12.7 Å². The van der Waals surface area contributed by atoms with Crippen LogP contribution in [0.5, 0.6) is 0 Å². The van der Waals surface area contributed by atoms with Crippen LogP contribution in [0.1, 0.15) is 17.5 Å². The summed E-state index contributed by atoms with van der Waals surface area (Å²) in [7, 11) is 3.48. The zero-order valence-corrected chi connectivity index (χ0v) is 17.9. The number of rotatable bonds is 4. The molecular weight excluding hydrogens is 490 g/mol. The summed E-state index contributed by atoms with van der Waals surface area (Å²) in [5, 5.41) is 7.25. The van der Waals surface area contributed by atoms with Crippen LogP contribution in [0.4, 0.5) is 13.2 Å². The van der Waals surface area contributed by atoms with Gasteiger partial charge in [-0.25, -0.2) is 4.98 Å². The summed E-state index contributed by atoms with van der Waals surface area (Å²) < 4.78 is 46.5. The van der Waals surface area contributed by atoms with Gasteiger partial charge in [-0.05, 0) is 0 Å². The molecule has 0 bridgehead atoms. The number of imidazole rings is 1. The average molecular weight is 513 g/mol. The Morgan fingerprint density at radius 2 is 2.21 bits per heavy atom. The second-order valence-electron chi connectivity index (χ2n) is 6.24. The van der Waals surface area contributed by atoms with Gasteiger partial charge in [-0.2, -0.15) is 18.3 Å². The third-order valence-electron chi connectivity index (χ3n) is 4.23. The predicted octanol–water partition coefficient (Wildman–Crippen LogP) is 1.95. The Bertz CT molecular complexity index is 789. The molecule has 1 unspecified atom stereocenters. The first kappa shape index (κ1) is 22.5. The molecule has 2 aromatic rings. The molecule has 1 atom stereocenters. The number of alkyl halides is 3. The molecule has 3 rings (SSSR count). The summed E-state index contributed by atoms with van der Waals surface area (Å²) in [6, 6.07) is 0. The average Bonchev–Trinajstić information content (AvgIpc) is 3.23.